The van der Waals surface area contributed by atoms with Crippen molar-refractivity contribution in [3.8, 4) is 0 Å². The van der Waals surface area contributed by atoms with Gasteiger partial charge in [0.05, 0.1) is 6.54 Å². The van der Waals surface area contributed by atoms with Crippen LogP contribution in [0.25, 0.3) is 0 Å². The molecule has 2 aliphatic rings. The topological polar surface area (TPSA) is 32.3 Å². The van der Waals surface area contributed by atoms with Gasteiger partial charge in [-0.3, -0.25) is 4.79 Å². The molecule has 16 heavy (non-hydrogen) atoms. The van der Waals surface area contributed by atoms with Gasteiger partial charge in [-0.1, -0.05) is 19.8 Å². The van der Waals surface area contributed by atoms with Crippen LogP contribution >= 0.6 is 0 Å². The zero-order valence-corrected chi connectivity index (χ0v) is 10.4. The Bertz CT molecular complexity index is 242. The Hall–Kier alpha value is -0.570. The first-order valence-corrected chi connectivity index (χ1v) is 6.83. The molecule has 2 fully saturated rings. The Morgan fingerprint density at radius 1 is 1.31 bits per heavy atom. The Kier molecular flexibility index (Phi) is 4.22. The van der Waals surface area contributed by atoms with Gasteiger partial charge >= 0.3 is 0 Å². The summed E-state index contributed by atoms with van der Waals surface area (Å²) >= 11 is 0. The summed E-state index contributed by atoms with van der Waals surface area (Å²) in [5.41, 5.74) is 0. The minimum absolute atomic E-state index is 0.322. The molecule has 1 heterocycles. The summed E-state index contributed by atoms with van der Waals surface area (Å²) in [6, 6.07) is 0.574. The molecule has 1 aliphatic heterocycles. The molecule has 0 aromatic rings. The van der Waals surface area contributed by atoms with Crippen molar-refractivity contribution >= 4 is 5.91 Å². The smallest absolute Gasteiger partial charge is 0.236 e. The molecular formula is C13H24N2O. The summed E-state index contributed by atoms with van der Waals surface area (Å²) < 4.78 is 0. The number of carbonyl (C=O) groups is 1. The number of carbonyl (C=O) groups excluding carboxylic acids is 1. The molecule has 1 aliphatic carbocycles. The maximum Gasteiger partial charge on any atom is 0.236 e. The summed E-state index contributed by atoms with van der Waals surface area (Å²) in [6.45, 7) is 4.62. The van der Waals surface area contributed by atoms with Crippen LogP contribution in [0.4, 0.5) is 0 Å². The van der Waals surface area contributed by atoms with E-state index >= 15 is 0 Å². The number of nitrogens with zero attached hydrogens (tertiary/aromatic N) is 1. The van der Waals surface area contributed by atoms with Crippen molar-refractivity contribution in [1.82, 2.24) is 10.2 Å². The molecule has 0 aromatic carbocycles. The van der Waals surface area contributed by atoms with Gasteiger partial charge < -0.3 is 10.2 Å². The van der Waals surface area contributed by atoms with Crippen molar-refractivity contribution < 1.29 is 4.79 Å². The molecular weight excluding hydrogens is 200 g/mol. The lowest BCUT2D eigenvalue weighted by Crippen LogP contribution is -2.43. The zero-order valence-electron chi connectivity index (χ0n) is 10.4. The number of rotatable bonds is 4. The Morgan fingerprint density at radius 2 is 2.12 bits per heavy atom. The van der Waals surface area contributed by atoms with Crippen molar-refractivity contribution in [2.75, 3.05) is 19.6 Å². The molecule has 0 radical (unpaired) electrons. The van der Waals surface area contributed by atoms with Gasteiger partial charge in [-0.05, 0) is 38.1 Å². The first-order valence-electron chi connectivity index (χ1n) is 6.83. The van der Waals surface area contributed by atoms with E-state index in [0.29, 0.717) is 18.5 Å². The van der Waals surface area contributed by atoms with Crippen LogP contribution in [0.1, 0.15) is 45.4 Å². The van der Waals surface area contributed by atoms with Crippen LogP contribution in [0.3, 0.4) is 0 Å². The van der Waals surface area contributed by atoms with Gasteiger partial charge in [0.15, 0.2) is 0 Å². The predicted molar refractivity (Wildman–Crippen MR) is 65.2 cm³/mol. The maximum atomic E-state index is 12.0. The van der Waals surface area contributed by atoms with Crippen LogP contribution in [0.5, 0.6) is 0 Å². The number of amides is 1. The van der Waals surface area contributed by atoms with Crippen molar-refractivity contribution in [2.24, 2.45) is 5.92 Å². The molecule has 2 unspecified atom stereocenters. The van der Waals surface area contributed by atoms with Gasteiger partial charge in [0.1, 0.15) is 0 Å². The molecule has 92 valence electrons. The standard InChI is InChI=1S/C13H24N2O/c1-2-8-14-10-13(16)15-9-7-11-5-3-4-6-12(11)15/h11-12,14H,2-10H2,1H3. The fourth-order valence-electron chi connectivity index (χ4n) is 3.19. The van der Waals surface area contributed by atoms with Crippen molar-refractivity contribution in [1.29, 1.82) is 0 Å². The van der Waals surface area contributed by atoms with E-state index in [0.717, 1.165) is 25.4 Å². The van der Waals surface area contributed by atoms with Gasteiger partial charge in [-0.25, -0.2) is 0 Å². The van der Waals surface area contributed by atoms with Crippen molar-refractivity contribution in [3.63, 3.8) is 0 Å². The average molecular weight is 224 g/mol. The lowest BCUT2D eigenvalue weighted by Gasteiger charge is -2.31. The van der Waals surface area contributed by atoms with Crippen LogP contribution in [-0.2, 0) is 4.79 Å². The molecule has 3 nitrogen and oxygen atoms in total. The van der Waals surface area contributed by atoms with Crippen LogP contribution in [0.2, 0.25) is 0 Å². The van der Waals surface area contributed by atoms with Gasteiger partial charge in [0.25, 0.3) is 0 Å². The molecule has 0 spiro atoms. The number of fused-ring (bicyclic) bond motifs is 1. The average Bonchev–Trinajstić information content (AvgIpc) is 2.73. The van der Waals surface area contributed by atoms with Gasteiger partial charge in [-0.15, -0.1) is 0 Å². The Balaban J connectivity index is 1.82. The van der Waals surface area contributed by atoms with E-state index in [-0.39, 0.29) is 0 Å². The fourth-order valence-corrected chi connectivity index (χ4v) is 3.19. The van der Waals surface area contributed by atoms with E-state index in [1.54, 1.807) is 0 Å². The highest BCUT2D eigenvalue weighted by atomic mass is 16.2. The first kappa shape index (κ1) is 11.9. The van der Waals surface area contributed by atoms with E-state index in [2.05, 4.69) is 17.1 Å². The quantitative estimate of drug-likeness (QED) is 0.738. The van der Waals surface area contributed by atoms with Gasteiger partial charge in [0.2, 0.25) is 5.91 Å². The molecule has 1 N–H and O–H groups in total. The molecule has 3 heteroatoms. The molecule has 1 saturated heterocycles. The minimum Gasteiger partial charge on any atom is -0.338 e. The summed E-state index contributed by atoms with van der Waals surface area (Å²) in [5, 5.41) is 3.22. The first-order chi connectivity index (χ1) is 7.83. The molecule has 0 aromatic heterocycles. The molecule has 0 bridgehead atoms. The SMILES string of the molecule is CCCNCC(=O)N1CCC2CCCCC21. The van der Waals surface area contributed by atoms with Gasteiger partial charge in [-0.2, -0.15) is 0 Å². The Morgan fingerprint density at radius 3 is 2.94 bits per heavy atom. The lowest BCUT2D eigenvalue weighted by molar-refractivity contribution is -0.131. The number of nitrogens with one attached hydrogen (secondary N) is 1. The summed E-state index contributed by atoms with van der Waals surface area (Å²) in [7, 11) is 0. The lowest BCUT2D eigenvalue weighted by atomic mass is 9.85. The predicted octanol–water partition coefficient (Wildman–Crippen LogP) is 1.78. The normalized spacial score (nSPS) is 29.2. The third-order valence-electron chi connectivity index (χ3n) is 4.03. The summed E-state index contributed by atoms with van der Waals surface area (Å²) in [4.78, 5) is 14.2. The third-order valence-corrected chi connectivity index (χ3v) is 4.03. The zero-order chi connectivity index (χ0) is 11.4. The highest BCUT2D eigenvalue weighted by molar-refractivity contribution is 5.79. The van der Waals surface area contributed by atoms with Crippen LogP contribution < -0.4 is 5.32 Å². The van der Waals surface area contributed by atoms with Crippen molar-refractivity contribution in [2.45, 2.75) is 51.5 Å². The summed E-state index contributed by atoms with van der Waals surface area (Å²) in [5.74, 6) is 1.13. The molecule has 1 amide bonds. The highest BCUT2D eigenvalue weighted by Crippen LogP contribution is 2.35. The van der Waals surface area contributed by atoms with Crippen molar-refractivity contribution in [3.05, 3.63) is 0 Å². The third kappa shape index (κ3) is 2.57. The molecule has 1 saturated carbocycles. The van der Waals surface area contributed by atoms with Crippen LogP contribution in [0.15, 0.2) is 0 Å². The maximum absolute atomic E-state index is 12.0. The van der Waals surface area contributed by atoms with Crippen LogP contribution in [-0.4, -0.2) is 36.5 Å². The largest absolute Gasteiger partial charge is 0.338 e. The number of likely N-dealkylation sites (tertiary alicyclic amines) is 1. The van der Waals surface area contributed by atoms with Crippen LogP contribution in [0, 0.1) is 5.92 Å². The van der Waals surface area contributed by atoms with E-state index in [9.17, 15) is 4.79 Å². The van der Waals surface area contributed by atoms with E-state index < -0.39 is 0 Å². The van der Waals surface area contributed by atoms with E-state index in [4.69, 9.17) is 0 Å². The molecule has 2 atom stereocenters. The highest BCUT2D eigenvalue weighted by Gasteiger charge is 2.37. The van der Waals surface area contributed by atoms with E-state index in [1.165, 1.54) is 32.1 Å². The fraction of sp³-hybridized carbons (Fsp3) is 0.923. The monoisotopic (exact) mass is 224 g/mol. The van der Waals surface area contributed by atoms with Gasteiger partial charge in [0, 0.05) is 12.6 Å². The second-order valence-corrected chi connectivity index (χ2v) is 5.16. The summed E-state index contributed by atoms with van der Waals surface area (Å²) in [6.07, 6.45) is 7.61. The minimum atomic E-state index is 0.322. The number of hydrogen-bond acceptors (Lipinski definition) is 2. The number of hydrogen-bond donors (Lipinski definition) is 1. The second kappa shape index (κ2) is 5.67. The Labute approximate surface area is 98.6 Å². The molecule has 2 rings (SSSR count). The second-order valence-electron chi connectivity index (χ2n) is 5.16. The van der Waals surface area contributed by atoms with E-state index in [1.807, 2.05) is 0 Å².